The van der Waals surface area contributed by atoms with Gasteiger partial charge < -0.3 is 19.8 Å². The number of rotatable bonds is 8. The first-order valence-corrected chi connectivity index (χ1v) is 9.49. The molecule has 1 heterocycles. The Kier molecular flexibility index (Phi) is 6.54. The average Bonchev–Trinajstić information content (AvgIpc) is 2.65. The summed E-state index contributed by atoms with van der Waals surface area (Å²) in [6.07, 6.45) is 0. The van der Waals surface area contributed by atoms with Crippen LogP contribution in [0.25, 0.3) is 10.9 Å². The predicted molar refractivity (Wildman–Crippen MR) is 109 cm³/mol. The number of ether oxygens (including phenoxy) is 2. The van der Waals surface area contributed by atoms with Gasteiger partial charge in [0.05, 0.1) is 23.8 Å². The van der Waals surface area contributed by atoms with Crippen molar-refractivity contribution < 1.29 is 13.9 Å². The van der Waals surface area contributed by atoms with Gasteiger partial charge in [-0.25, -0.2) is 4.39 Å². The van der Waals surface area contributed by atoms with E-state index < -0.39 is 0 Å². The smallest absolute Gasteiger partial charge is 0.252 e. The number of hydrogen-bond acceptors (Lipinski definition) is 4. The summed E-state index contributed by atoms with van der Waals surface area (Å²) in [5.41, 5.74) is 1.72. The summed E-state index contributed by atoms with van der Waals surface area (Å²) in [7, 11) is 0. The van der Waals surface area contributed by atoms with E-state index in [1.165, 1.54) is 12.1 Å². The van der Waals surface area contributed by atoms with Crippen molar-refractivity contribution in [3.8, 4) is 11.5 Å². The Morgan fingerprint density at radius 1 is 1.07 bits per heavy atom. The van der Waals surface area contributed by atoms with Crippen LogP contribution in [0.1, 0.15) is 25.0 Å². The second-order valence-electron chi connectivity index (χ2n) is 6.23. The van der Waals surface area contributed by atoms with Crippen molar-refractivity contribution >= 4 is 22.5 Å². The van der Waals surface area contributed by atoms with Crippen LogP contribution in [-0.2, 0) is 13.1 Å². The van der Waals surface area contributed by atoms with Crippen LogP contribution in [-0.4, -0.2) is 18.2 Å². The number of benzene rings is 2. The van der Waals surface area contributed by atoms with Gasteiger partial charge in [-0.1, -0.05) is 11.6 Å². The SMILES string of the molecule is CCOc1cc(CNCc2cc3ccc(F)cc3[nH]c2=O)cc(Cl)c1OCC. The van der Waals surface area contributed by atoms with Crippen LogP contribution >= 0.6 is 11.6 Å². The fourth-order valence-corrected chi connectivity index (χ4v) is 3.25. The molecule has 0 aliphatic heterocycles. The van der Waals surface area contributed by atoms with E-state index in [4.69, 9.17) is 21.1 Å². The molecular weight excluding hydrogens is 383 g/mol. The summed E-state index contributed by atoms with van der Waals surface area (Å²) >= 11 is 6.33. The quantitative estimate of drug-likeness (QED) is 0.583. The van der Waals surface area contributed by atoms with Crippen molar-refractivity contribution in [3.05, 3.63) is 68.7 Å². The van der Waals surface area contributed by atoms with Crippen LogP contribution in [0.2, 0.25) is 5.02 Å². The molecule has 28 heavy (non-hydrogen) atoms. The van der Waals surface area contributed by atoms with Crippen LogP contribution in [0.3, 0.4) is 0 Å². The third-order valence-electron chi connectivity index (χ3n) is 4.19. The number of halogens is 2. The van der Waals surface area contributed by atoms with E-state index in [1.54, 1.807) is 12.1 Å². The number of aromatic amines is 1. The monoisotopic (exact) mass is 404 g/mol. The van der Waals surface area contributed by atoms with Crippen LogP contribution < -0.4 is 20.3 Å². The van der Waals surface area contributed by atoms with Gasteiger partial charge in [-0.3, -0.25) is 4.79 Å². The van der Waals surface area contributed by atoms with Crippen molar-refractivity contribution in [2.75, 3.05) is 13.2 Å². The van der Waals surface area contributed by atoms with E-state index in [0.29, 0.717) is 53.9 Å². The maximum absolute atomic E-state index is 13.3. The lowest BCUT2D eigenvalue weighted by atomic mass is 10.1. The van der Waals surface area contributed by atoms with Gasteiger partial charge in [0.1, 0.15) is 5.82 Å². The molecule has 2 aromatic carbocycles. The van der Waals surface area contributed by atoms with Gasteiger partial charge >= 0.3 is 0 Å². The van der Waals surface area contributed by atoms with E-state index >= 15 is 0 Å². The minimum absolute atomic E-state index is 0.245. The lowest BCUT2D eigenvalue weighted by Crippen LogP contribution is -2.20. The van der Waals surface area contributed by atoms with Gasteiger partial charge in [-0.15, -0.1) is 0 Å². The fourth-order valence-electron chi connectivity index (χ4n) is 2.96. The molecule has 0 spiro atoms. The molecule has 148 valence electrons. The first-order valence-electron chi connectivity index (χ1n) is 9.12. The molecule has 0 fully saturated rings. The highest BCUT2D eigenvalue weighted by molar-refractivity contribution is 6.32. The molecule has 0 bridgehead atoms. The van der Waals surface area contributed by atoms with E-state index in [1.807, 2.05) is 26.0 Å². The number of nitrogens with one attached hydrogen (secondary N) is 2. The molecule has 0 radical (unpaired) electrons. The van der Waals surface area contributed by atoms with Gasteiger partial charge in [0.15, 0.2) is 11.5 Å². The molecule has 5 nitrogen and oxygen atoms in total. The molecule has 0 saturated heterocycles. The third-order valence-corrected chi connectivity index (χ3v) is 4.47. The van der Waals surface area contributed by atoms with Gasteiger partial charge in [-0.2, -0.15) is 0 Å². The number of aromatic nitrogens is 1. The fraction of sp³-hybridized carbons (Fsp3) is 0.286. The van der Waals surface area contributed by atoms with Gasteiger partial charge in [0.2, 0.25) is 0 Å². The average molecular weight is 405 g/mol. The third kappa shape index (κ3) is 4.64. The Bertz CT molecular complexity index is 1040. The van der Waals surface area contributed by atoms with Crippen LogP contribution in [0, 0.1) is 5.82 Å². The van der Waals surface area contributed by atoms with Crippen LogP contribution in [0.15, 0.2) is 41.2 Å². The molecule has 0 aliphatic carbocycles. The Morgan fingerprint density at radius 3 is 2.61 bits per heavy atom. The molecule has 0 amide bonds. The highest BCUT2D eigenvalue weighted by Crippen LogP contribution is 2.36. The maximum Gasteiger partial charge on any atom is 0.252 e. The highest BCUT2D eigenvalue weighted by atomic mass is 35.5. The summed E-state index contributed by atoms with van der Waals surface area (Å²) < 4.78 is 24.5. The minimum Gasteiger partial charge on any atom is -0.490 e. The van der Waals surface area contributed by atoms with E-state index in [2.05, 4.69) is 10.3 Å². The van der Waals surface area contributed by atoms with Crippen LogP contribution in [0.4, 0.5) is 4.39 Å². The largest absolute Gasteiger partial charge is 0.490 e. The number of H-pyrrole nitrogens is 1. The van der Waals surface area contributed by atoms with Crippen molar-refractivity contribution in [3.63, 3.8) is 0 Å². The van der Waals surface area contributed by atoms with Gasteiger partial charge in [-0.05, 0) is 61.2 Å². The van der Waals surface area contributed by atoms with E-state index in [0.717, 1.165) is 10.9 Å². The lowest BCUT2D eigenvalue weighted by molar-refractivity contribution is 0.287. The number of hydrogen-bond donors (Lipinski definition) is 2. The van der Waals surface area contributed by atoms with Gasteiger partial charge in [0.25, 0.3) is 5.56 Å². The first-order chi connectivity index (χ1) is 13.5. The molecule has 3 rings (SSSR count). The predicted octanol–water partition coefficient (Wildman–Crippen LogP) is 4.41. The molecule has 0 atom stereocenters. The maximum atomic E-state index is 13.3. The molecule has 0 saturated carbocycles. The van der Waals surface area contributed by atoms with E-state index in [9.17, 15) is 9.18 Å². The summed E-state index contributed by atoms with van der Waals surface area (Å²) in [6.45, 7) is 5.63. The Morgan fingerprint density at radius 2 is 1.86 bits per heavy atom. The zero-order valence-electron chi connectivity index (χ0n) is 15.8. The molecule has 0 aliphatic rings. The zero-order valence-corrected chi connectivity index (χ0v) is 16.5. The van der Waals surface area contributed by atoms with E-state index in [-0.39, 0.29) is 11.4 Å². The molecule has 2 N–H and O–H groups in total. The molecule has 7 heteroatoms. The Labute approximate surface area is 167 Å². The second-order valence-corrected chi connectivity index (χ2v) is 6.64. The lowest BCUT2D eigenvalue weighted by Gasteiger charge is -2.14. The normalized spacial score (nSPS) is 11.0. The van der Waals surface area contributed by atoms with Crippen molar-refractivity contribution in [2.45, 2.75) is 26.9 Å². The summed E-state index contributed by atoms with van der Waals surface area (Å²) in [4.78, 5) is 14.9. The summed E-state index contributed by atoms with van der Waals surface area (Å²) in [5.74, 6) is 0.749. The highest BCUT2D eigenvalue weighted by Gasteiger charge is 2.12. The Hall–Kier alpha value is -2.57. The standard InChI is InChI=1S/C21H22ClFN2O3/c1-3-27-19-8-13(7-17(22)20(19)28-4-2)11-24-12-15-9-14-5-6-16(23)10-18(14)25-21(15)26/h5-10,24H,3-4,11-12H2,1-2H3,(H,25,26). The van der Waals surface area contributed by atoms with Crippen molar-refractivity contribution in [1.29, 1.82) is 0 Å². The summed E-state index contributed by atoms with van der Waals surface area (Å²) in [5, 5.41) is 4.49. The van der Waals surface area contributed by atoms with Crippen molar-refractivity contribution in [2.24, 2.45) is 0 Å². The molecule has 3 aromatic rings. The molecule has 0 unspecified atom stereocenters. The minimum atomic E-state index is -0.383. The van der Waals surface area contributed by atoms with Crippen molar-refractivity contribution in [1.82, 2.24) is 10.3 Å². The number of pyridine rings is 1. The Balaban J connectivity index is 1.74. The molecular formula is C21H22ClFN2O3. The first kappa shape index (κ1) is 20.2. The zero-order chi connectivity index (χ0) is 20.1. The van der Waals surface area contributed by atoms with Gasteiger partial charge in [0, 0.05) is 18.7 Å². The molecule has 1 aromatic heterocycles. The summed E-state index contributed by atoms with van der Waals surface area (Å²) in [6, 6.07) is 9.78. The topological polar surface area (TPSA) is 63.3 Å². The second kappa shape index (κ2) is 9.08. The van der Waals surface area contributed by atoms with Crippen LogP contribution in [0.5, 0.6) is 11.5 Å². The number of fused-ring (bicyclic) bond motifs is 1.